The Bertz CT molecular complexity index is 649. The summed E-state index contributed by atoms with van der Waals surface area (Å²) in [6.07, 6.45) is -0.170. The van der Waals surface area contributed by atoms with Gasteiger partial charge in [-0.3, -0.25) is 9.69 Å². The number of ether oxygens (including phenoxy) is 1. The number of fused-ring (bicyclic) bond motifs is 1. The Kier molecular flexibility index (Phi) is 3.94. The molecule has 5 nitrogen and oxygen atoms in total. The number of benzene rings is 1. The Morgan fingerprint density at radius 1 is 1.43 bits per heavy atom. The fourth-order valence-electron chi connectivity index (χ4n) is 2.88. The molecule has 0 saturated carbocycles. The Morgan fingerprint density at radius 3 is 3.05 bits per heavy atom. The topological polar surface area (TPSA) is 62.9 Å². The van der Waals surface area contributed by atoms with E-state index in [1.807, 2.05) is 25.1 Å². The first-order chi connectivity index (χ1) is 10.1. The van der Waals surface area contributed by atoms with Crippen LogP contribution in [0.15, 0.2) is 28.7 Å². The van der Waals surface area contributed by atoms with Gasteiger partial charge >= 0.3 is 5.97 Å². The number of hydrogen-bond donors (Lipinski definition) is 1. The fraction of sp³-hybridized carbons (Fsp3) is 0.438. The van der Waals surface area contributed by atoms with Crippen LogP contribution in [0.3, 0.4) is 0 Å². The first-order valence-corrected chi connectivity index (χ1v) is 7.16. The second kappa shape index (κ2) is 5.87. The zero-order valence-electron chi connectivity index (χ0n) is 12.0. The highest BCUT2D eigenvalue weighted by molar-refractivity contribution is 5.82. The van der Waals surface area contributed by atoms with Crippen LogP contribution in [0.2, 0.25) is 0 Å². The van der Waals surface area contributed by atoms with Gasteiger partial charge in [-0.25, -0.2) is 0 Å². The molecular formula is C16H19NO4. The second-order valence-electron chi connectivity index (χ2n) is 5.46. The van der Waals surface area contributed by atoms with Crippen LogP contribution in [0.5, 0.6) is 0 Å². The van der Waals surface area contributed by atoms with Gasteiger partial charge in [-0.2, -0.15) is 0 Å². The largest absolute Gasteiger partial charge is 0.481 e. The third kappa shape index (κ3) is 3.09. The molecule has 112 valence electrons. The molecule has 1 saturated heterocycles. The van der Waals surface area contributed by atoms with Gasteiger partial charge in [-0.05, 0) is 13.0 Å². The van der Waals surface area contributed by atoms with Crippen LogP contribution >= 0.6 is 0 Å². The Labute approximate surface area is 123 Å². The summed E-state index contributed by atoms with van der Waals surface area (Å²) in [6.45, 7) is 4.78. The first-order valence-electron chi connectivity index (χ1n) is 7.16. The minimum Gasteiger partial charge on any atom is -0.481 e. The summed E-state index contributed by atoms with van der Waals surface area (Å²) in [5.41, 5.74) is 2.09. The van der Waals surface area contributed by atoms with Gasteiger partial charge in [0.15, 0.2) is 0 Å². The van der Waals surface area contributed by atoms with Gasteiger partial charge in [0.2, 0.25) is 0 Å². The van der Waals surface area contributed by atoms with E-state index < -0.39 is 5.97 Å². The second-order valence-corrected chi connectivity index (χ2v) is 5.46. The van der Waals surface area contributed by atoms with Crippen molar-refractivity contribution in [2.45, 2.75) is 26.0 Å². The highest BCUT2D eigenvalue weighted by atomic mass is 16.5. The number of furan rings is 1. The van der Waals surface area contributed by atoms with E-state index in [4.69, 9.17) is 14.3 Å². The lowest BCUT2D eigenvalue weighted by molar-refractivity contribution is -0.142. The Balaban J connectivity index is 1.75. The van der Waals surface area contributed by atoms with Crippen LogP contribution in [0.1, 0.15) is 17.7 Å². The normalized spacial score (nSPS) is 20.0. The number of carboxylic acids is 1. The highest BCUT2D eigenvalue weighted by Gasteiger charge is 2.24. The first kappa shape index (κ1) is 14.1. The Morgan fingerprint density at radius 2 is 2.24 bits per heavy atom. The molecule has 0 radical (unpaired) electrons. The number of para-hydroxylation sites is 1. The van der Waals surface area contributed by atoms with E-state index in [9.17, 15) is 4.79 Å². The van der Waals surface area contributed by atoms with Gasteiger partial charge in [0.25, 0.3) is 0 Å². The molecule has 1 aromatic heterocycles. The number of hydrogen-bond acceptors (Lipinski definition) is 4. The van der Waals surface area contributed by atoms with E-state index >= 15 is 0 Å². The van der Waals surface area contributed by atoms with E-state index in [1.165, 1.54) is 5.56 Å². The maximum absolute atomic E-state index is 10.8. The van der Waals surface area contributed by atoms with Crippen molar-refractivity contribution >= 4 is 16.9 Å². The number of aliphatic carboxylic acids is 1. The van der Waals surface area contributed by atoms with Gasteiger partial charge in [-0.15, -0.1) is 0 Å². The maximum Gasteiger partial charge on any atom is 0.306 e. The average Bonchev–Trinajstić information content (AvgIpc) is 2.75. The van der Waals surface area contributed by atoms with E-state index in [-0.39, 0.29) is 12.5 Å². The zero-order valence-corrected chi connectivity index (χ0v) is 12.0. The van der Waals surface area contributed by atoms with Crippen molar-refractivity contribution in [3.8, 4) is 0 Å². The van der Waals surface area contributed by atoms with Crippen LogP contribution in [-0.4, -0.2) is 41.8 Å². The molecule has 2 aromatic rings. The molecule has 1 aliphatic rings. The van der Waals surface area contributed by atoms with Gasteiger partial charge in [0, 0.05) is 30.6 Å². The fourth-order valence-corrected chi connectivity index (χ4v) is 2.88. The van der Waals surface area contributed by atoms with E-state index in [0.29, 0.717) is 13.2 Å². The van der Waals surface area contributed by atoms with E-state index in [1.54, 1.807) is 0 Å². The number of aryl methyl sites for hydroxylation is 1. The number of carboxylic acid groups (broad SMARTS) is 1. The van der Waals surface area contributed by atoms with Crippen molar-refractivity contribution in [2.24, 2.45) is 0 Å². The lowest BCUT2D eigenvalue weighted by Gasteiger charge is -2.32. The molecular weight excluding hydrogens is 270 g/mol. The van der Waals surface area contributed by atoms with Crippen LogP contribution in [0, 0.1) is 6.92 Å². The van der Waals surface area contributed by atoms with Gasteiger partial charge < -0.3 is 14.3 Å². The van der Waals surface area contributed by atoms with Crippen molar-refractivity contribution in [1.29, 1.82) is 0 Å². The summed E-state index contributed by atoms with van der Waals surface area (Å²) in [6, 6.07) is 8.01. The summed E-state index contributed by atoms with van der Waals surface area (Å²) in [5.74, 6) is 0.115. The van der Waals surface area contributed by atoms with Gasteiger partial charge in [-0.1, -0.05) is 18.2 Å². The minimum atomic E-state index is -0.813. The highest BCUT2D eigenvalue weighted by Crippen LogP contribution is 2.27. The SMILES string of the molecule is Cc1oc2ccccc2c1CN1CCOC(CC(=O)O)C1. The standard InChI is InChI=1S/C16H19NO4/c1-11-14(13-4-2-3-5-15(13)21-11)10-17-6-7-20-12(9-17)8-16(18)19/h2-5,12H,6-10H2,1H3,(H,18,19). The van der Waals surface area contributed by atoms with Gasteiger partial charge in [0.1, 0.15) is 11.3 Å². The van der Waals surface area contributed by atoms with Crippen LogP contribution < -0.4 is 0 Å². The molecule has 2 heterocycles. The zero-order chi connectivity index (χ0) is 14.8. The van der Waals surface area contributed by atoms with Crippen molar-refractivity contribution < 1.29 is 19.1 Å². The molecule has 1 fully saturated rings. The molecule has 5 heteroatoms. The van der Waals surface area contributed by atoms with Crippen LogP contribution in [0.4, 0.5) is 0 Å². The van der Waals surface area contributed by atoms with Crippen molar-refractivity contribution in [1.82, 2.24) is 4.90 Å². The van der Waals surface area contributed by atoms with Crippen molar-refractivity contribution in [3.63, 3.8) is 0 Å². The van der Waals surface area contributed by atoms with Gasteiger partial charge in [0.05, 0.1) is 19.1 Å². The maximum atomic E-state index is 10.8. The summed E-state index contributed by atoms with van der Waals surface area (Å²) >= 11 is 0. The lowest BCUT2D eigenvalue weighted by atomic mass is 10.1. The smallest absolute Gasteiger partial charge is 0.306 e. The Hall–Kier alpha value is -1.85. The molecule has 21 heavy (non-hydrogen) atoms. The van der Waals surface area contributed by atoms with Crippen molar-refractivity contribution in [3.05, 3.63) is 35.6 Å². The number of rotatable bonds is 4. The minimum absolute atomic E-state index is 0.0572. The molecule has 0 spiro atoms. The third-order valence-electron chi connectivity index (χ3n) is 3.91. The predicted molar refractivity (Wildman–Crippen MR) is 78.2 cm³/mol. The lowest BCUT2D eigenvalue weighted by Crippen LogP contribution is -2.42. The van der Waals surface area contributed by atoms with Crippen molar-refractivity contribution in [2.75, 3.05) is 19.7 Å². The average molecular weight is 289 g/mol. The molecule has 0 aliphatic carbocycles. The van der Waals surface area contributed by atoms with E-state index in [2.05, 4.69) is 11.0 Å². The quantitative estimate of drug-likeness (QED) is 0.936. The van der Waals surface area contributed by atoms with Crippen LogP contribution in [-0.2, 0) is 16.1 Å². The van der Waals surface area contributed by atoms with Crippen LogP contribution in [0.25, 0.3) is 11.0 Å². The summed E-state index contributed by atoms with van der Waals surface area (Å²) in [4.78, 5) is 13.0. The number of nitrogens with zero attached hydrogens (tertiary/aromatic N) is 1. The molecule has 0 amide bonds. The predicted octanol–water partition coefficient (Wildman–Crippen LogP) is 2.42. The summed E-state index contributed by atoms with van der Waals surface area (Å²) < 4.78 is 11.3. The summed E-state index contributed by atoms with van der Waals surface area (Å²) in [5, 5.41) is 10.0. The molecule has 0 bridgehead atoms. The van der Waals surface area contributed by atoms with E-state index in [0.717, 1.165) is 29.8 Å². The third-order valence-corrected chi connectivity index (χ3v) is 3.91. The molecule has 1 aliphatic heterocycles. The number of morpholine rings is 1. The number of carbonyl (C=O) groups is 1. The summed E-state index contributed by atoms with van der Waals surface area (Å²) in [7, 11) is 0. The monoisotopic (exact) mass is 289 g/mol. The molecule has 1 unspecified atom stereocenters. The molecule has 1 atom stereocenters. The molecule has 1 N–H and O–H groups in total. The molecule has 3 rings (SSSR count). The molecule has 1 aromatic carbocycles.